The molecule has 1 fully saturated rings. The monoisotopic (exact) mass is 293 g/mol. The Kier molecular flexibility index (Phi) is 3.98. The lowest BCUT2D eigenvalue weighted by Crippen LogP contribution is -2.29. The Bertz CT molecular complexity index is 516. The van der Waals surface area contributed by atoms with Crippen molar-refractivity contribution in [1.82, 2.24) is 5.32 Å². The molecule has 94 valence electrons. The van der Waals surface area contributed by atoms with E-state index in [1.54, 1.807) is 18.2 Å². The van der Waals surface area contributed by atoms with Gasteiger partial charge in [-0.05, 0) is 30.2 Å². The van der Waals surface area contributed by atoms with Gasteiger partial charge in [-0.25, -0.2) is 8.42 Å². The Morgan fingerprint density at radius 3 is 2.76 bits per heavy atom. The van der Waals surface area contributed by atoms with Gasteiger partial charge in [0.05, 0.1) is 11.5 Å². The Labute approximate surface area is 111 Å². The van der Waals surface area contributed by atoms with Gasteiger partial charge in [0.25, 0.3) is 0 Å². The van der Waals surface area contributed by atoms with E-state index < -0.39 is 9.84 Å². The predicted molar refractivity (Wildman–Crippen MR) is 70.4 cm³/mol. The van der Waals surface area contributed by atoms with E-state index >= 15 is 0 Å². The molecule has 1 aromatic rings. The summed E-state index contributed by atoms with van der Waals surface area (Å²) in [6.07, 6.45) is 0.667. The molecule has 0 saturated carbocycles. The molecule has 1 aromatic carbocycles. The minimum absolute atomic E-state index is 0.0232. The van der Waals surface area contributed by atoms with Gasteiger partial charge in [-0.15, -0.1) is 0 Å². The summed E-state index contributed by atoms with van der Waals surface area (Å²) in [6, 6.07) is 5.29. The van der Waals surface area contributed by atoms with Gasteiger partial charge in [0.15, 0.2) is 9.84 Å². The zero-order valence-corrected chi connectivity index (χ0v) is 11.4. The molecule has 1 aliphatic rings. The first-order valence-electron chi connectivity index (χ1n) is 5.34. The fourth-order valence-electron chi connectivity index (χ4n) is 1.89. The second-order valence-electron chi connectivity index (χ2n) is 4.22. The number of sulfone groups is 1. The number of nitrogens with one attached hydrogen (secondary N) is 1. The van der Waals surface area contributed by atoms with Gasteiger partial charge in [-0.3, -0.25) is 0 Å². The van der Waals surface area contributed by atoms with Crippen molar-refractivity contribution in [3.63, 3.8) is 0 Å². The van der Waals surface area contributed by atoms with Crippen molar-refractivity contribution in [3.8, 4) is 0 Å². The van der Waals surface area contributed by atoms with E-state index in [2.05, 4.69) is 5.32 Å². The van der Waals surface area contributed by atoms with Crippen LogP contribution in [0.4, 0.5) is 0 Å². The fraction of sp³-hybridized carbons (Fsp3) is 0.455. The summed E-state index contributed by atoms with van der Waals surface area (Å²) in [5.74, 6) is 0.485. The highest BCUT2D eigenvalue weighted by Gasteiger charge is 2.27. The van der Waals surface area contributed by atoms with Crippen LogP contribution in [0.25, 0.3) is 0 Å². The Balaban J connectivity index is 1.97. The molecular formula is C11H13Cl2NO2S. The quantitative estimate of drug-likeness (QED) is 0.930. The van der Waals surface area contributed by atoms with Crippen LogP contribution in [0.3, 0.4) is 0 Å². The molecule has 0 amide bonds. The molecule has 1 aliphatic heterocycles. The molecule has 1 N–H and O–H groups in total. The van der Waals surface area contributed by atoms with Crippen LogP contribution in [-0.4, -0.2) is 26.0 Å². The van der Waals surface area contributed by atoms with Crippen LogP contribution in [0.2, 0.25) is 10.0 Å². The summed E-state index contributed by atoms with van der Waals surface area (Å²) >= 11 is 11.9. The van der Waals surface area contributed by atoms with E-state index in [0.717, 1.165) is 5.56 Å². The molecule has 0 aliphatic carbocycles. The highest BCUT2D eigenvalue weighted by atomic mass is 35.5. The van der Waals surface area contributed by atoms with Crippen molar-refractivity contribution < 1.29 is 8.42 Å². The minimum atomic E-state index is -2.84. The number of rotatable bonds is 3. The highest BCUT2D eigenvalue weighted by molar-refractivity contribution is 7.91. The van der Waals surface area contributed by atoms with Crippen molar-refractivity contribution in [1.29, 1.82) is 0 Å². The molecule has 1 saturated heterocycles. The molecule has 2 rings (SSSR count). The number of hydrogen-bond acceptors (Lipinski definition) is 3. The molecule has 1 heterocycles. The van der Waals surface area contributed by atoms with Crippen LogP contribution in [0.1, 0.15) is 12.0 Å². The largest absolute Gasteiger partial charge is 0.309 e. The Morgan fingerprint density at radius 1 is 1.35 bits per heavy atom. The van der Waals surface area contributed by atoms with E-state index in [4.69, 9.17) is 23.2 Å². The predicted octanol–water partition coefficient (Wildman–Crippen LogP) is 2.27. The molecule has 0 aromatic heterocycles. The van der Waals surface area contributed by atoms with Crippen LogP contribution in [-0.2, 0) is 16.4 Å². The van der Waals surface area contributed by atoms with Crippen LogP contribution in [0.5, 0.6) is 0 Å². The maximum Gasteiger partial charge on any atom is 0.151 e. The average molecular weight is 294 g/mol. The van der Waals surface area contributed by atoms with Crippen molar-refractivity contribution in [2.45, 2.75) is 19.0 Å². The van der Waals surface area contributed by atoms with Crippen LogP contribution in [0.15, 0.2) is 18.2 Å². The van der Waals surface area contributed by atoms with Crippen LogP contribution < -0.4 is 5.32 Å². The summed E-state index contributed by atoms with van der Waals surface area (Å²) < 4.78 is 22.6. The first kappa shape index (κ1) is 13.1. The van der Waals surface area contributed by atoms with Gasteiger partial charge in [-0.2, -0.15) is 0 Å². The van der Waals surface area contributed by atoms with Crippen LogP contribution in [0, 0.1) is 0 Å². The zero-order chi connectivity index (χ0) is 12.5. The highest BCUT2D eigenvalue weighted by Crippen LogP contribution is 2.21. The topological polar surface area (TPSA) is 46.2 Å². The second kappa shape index (κ2) is 5.14. The number of halogens is 2. The lowest BCUT2D eigenvalue weighted by Gasteiger charge is -2.11. The number of hydrogen-bond donors (Lipinski definition) is 1. The average Bonchev–Trinajstić information content (AvgIpc) is 2.60. The summed E-state index contributed by atoms with van der Waals surface area (Å²) in [5, 5.41) is 4.47. The van der Waals surface area contributed by atoms with E-state index in [9.17, 15) is 8.42 Å². The Morgan fingerprint density at radius 2 is 2.12 bits per heavy atom. The van der Waals surface area contributed by atoms with Crippen molar-refractivity contribution in [2.24, 2.45) is 0 Å². The normalized spacial score (nSPS) is 22.8. The molecule has 17 heavy (non-hydrogen) atoms. The van der Waals surface area contributed by atoms with E-state index in [1.807, 2.05) is 0 Å². The Hall–Kier alpha value is -0.290. The fourth-order valence-corrected chi connectivity index (χ4v) is 3.98. The lowest BCUT2D eigenvalue weighted by atomic mass is 10.2. The van der Waals surface area contributed by atoms with Crippen molar-refractivity contribution in [3.05, 3.63) is 33.8 Å². The SMILES string of the molecule is O=S1(=O)CCC(NCc2cc(Cl)ccc2Cl)C1. The first-order valence-corrected chi connectivity index (χ1v) is 7.92. The van der Waals surface area contributed by atoms with Crippen molar-refractivity contribution >= 4 is 33.0 Å². The molecule has 0 radical (unpaired) electrons. The van der Waals surface area contributed by atoms with Gasteiger partial charge in [0.2, 0.25) is 0 Å². The lowest BCUT2D eigenvalue weighted by molar-refractivity contribution is 0.554. The third-order valence-corrected chi connectivity index (χ3v) is 5.19. The van der Waals surface area contributed by atoms with Gasteiger partial charge in [0, 0.05) is 22.6 Å². The first-order chi connectivity index (χ1) is 7.96. The van der Waals surface area contributed by atoms with Gasteiger partial charge in [0.1, 0.15) is 0 Å². The maximum absolute atomic E-state index is 11.3. The van der Waals surface area contributed by atoms with E-state index in [0.29, 0.717) is 23.0 Å². The summed E-state index contributed by atoms with van der Waals surface area (Å²) in [7, 11) is -2.84. The molecule has 3 nitrogen and oxygen atoms in total. The molecular weight excluding hydrogens is 281 g/mol. The number of benzene rings is 1. The molecule has 6 heteroatoms. The third kappa shape index (κ3) is 3.58. The van der Waals surface area contributed by atoms with Gasteiger partial charge < -0.3 is 5.32 Å². The summed E-state index contributed by atoms with van der Waals surface area (Å²) in [6.45, 7) is 0.541. The summed E-state index contributed by atoms with van der Waals surface area (Å²) in [5.41, 5.74) is 0.892. The van der Waals surface area contributed by atoms with Gasteiger partial charge >= 0.3 is 0 Å². The molecule has 0 bridgehead atoms. The smallest absolute Gasteiger partial charge is 0.151 e. The second-order valence-corrected chi connectivity index (χ2v) is 7.29. The standard InChI is InChI=1S/C11H13Cl2NO2S/c12-9-1-2-11(13)8(5-9)6-14-10-3-4-17(15,16)7-10/h1-2,5,10,14H,3-4,6-7H2. The minimum Gasteiger partial charge on any atom is -0.309 e. The maximum atomic E-state index is 11.3. The van der Waals surface area contributed by atoms with E-state index in [1.165, 1.54) is 0 Å². The van der Waals surface area contributed by atoms with Crippen molar-refractivity contribution in [2.75, 3.05) is 11.5 Å². The molecule has 1 unspecified atom stereocenters. The third-order valence-electron chi connectivity index (χ3n) is 2.82. The molecule has 1 atom stereocenters. The molecule has 0 spiro atoms. The summed E-state index contributed by atoms with van der Waals surface area (Å²) in [4.78, 5) is 0. The zero-order valence-electron chi connectivity index (χ0n) is 9.12. The van der Waals surface area contributed by atoms with E-state index in [-0.39, 0.29) is 17.5 Å². The van der Waals surface area contributed by atoms with Crippen LogP contribution >= 0.6 is 23.2 Å². The van der Waals surface area contributed by atoms with Gasteiger partial charge in [-0.1, -0.05) is 23.2 Å².